The Labute approximate surface area is 174 Å². The van der Waals surface area contributed by atoms with Gasteiger partial charge in [0.1, 0.15) is 6.04 Å². The maximum Gasteiger partial charge on any atom is 0.340 e. The third-order valence-electron chi connectivity index (χ3n) is 5.03. The number of rotatable bonds is 5. The molecule has 8 heteroatoms. The van der Waals surface area contributed by atoms with Crippen LogP contribution in [0.4, 0.5) is 11.4 Å². The van der Waals surface area contributed by atoms with Gasteiger partial charge in [-0.05, 0) is 43.5 Å². The van der Waals surface area contributed by atoms with Crippen LogP contribution in [-0.2, 0) is 19.6 Å². The van der Waals surface area contributed by atoms with Crippen LogP contribution in [0.5, 0.6) is 0 Å². The molecular weight excluding hydrogens is 404 g/mol. The second-order valence-corrected chi connectivity index (χ2v) is 8.65. The molecule has 0 radical (unpaired) electrons. The van der Waals surface area contributed by atoms with Crippen LogP contribution in [0.15, 0.2) is 65.6 Å². The van der Waals surface area contributed by atoms with Crippen LogP contribution in [0.1, 0.15) is 24.2 Å². The molecule has 1 unspecified atom stereocenters. The van der Waals surface area contributed by atoms with E-state index in [1.54, 1.807) is 55.5 Å². The molecule has 0 fully saturated rings. The van der Waals surface area contributed by atoms with Crippen LogP contribution in [0.3, 0.4) is 0 Å². The first-order valence-electron chi connectivity index (χ1n) is 9.49. The number of nitrogens with zero attached hydrogens (tertiary/aromatic N) is 1. The lowest BCUT2D eigenvalue weighted by Gasteiger charge is -2.25. The van der Waals surface area contributed by atoms with E-state index in [4.69, 9.17) is 4.74 Å². The average Bonchev–Trinajstić information content (AvgIpc) is 2.96. The quantitative estimate of drug-likeness (QED) is 0.633. The number of benzene rings is 3. The standard InChI is InChI=1S/C22H20N2O5S/c1-3-29-22(26)16-10-4-5-11-17(16)23-21(25)14(2)24-18-12-6-8-15-9-7-13-19(20(15)18)30(24,27)28/h4-14H,3H2,1-2H3,(H,23,25). The summed E-state index contributed by atoms with van der Waals surface area (Å²) in [6.45, 7) is 3.41. The van der Waals surface area contributed by atoms with Crippen molar-refractivity contribution in [1.29, 1.82) is 0 Å². The number of esters is 1. The van der Waals surface area contributed by atoms with Crippen LogP contribution in [0.2, 0.25) is 0 Å². The topological polar surface area (TPSA) is 92.8 Å². The van der Waals surface area contributed by atoms with Crippen molar-refractivity contribution in [3.05, 3.63) is 66.2 Å². The molecule has 1 heterocycles. The first-order chi connectivity index (χ1) is 14.4. The maximum atomic E-state index is 13.2. The van der Waals surface area contributed by atoms with Crippen molar-refractivity contribution >= 4 is 44.0 Å². The van der Waals surface area contributed by atoms with Gasteiger partial charge in [-0.1, -0.05) is 36.4 Å². The number of sulfonamides is 1. The number of para-hydroxylation sites is 1. The molecule has 3 aromatic carbocycles. The van der Waals surface area contributed by atoms with E-state index in [0.717, 1.165) is 9.69 Å². The monoisotopic (exact) mass is 424 g/mol. The zero-order valence-electron chi connectivity index (χ0n) is 16.5. The van der Waals surface area contributed by atoms with Crippen molar-refractivity contribution in [2.75, 3.05) is 16.2 Å². The lowest BCUT2D eigenvalue weighted by molar-refractivity contribution is -0.116. The maximum absolute atomic E-state index is 13.2. The lowest BCUT2D eigenvalue weighted by atomic mass is 10.1. The van der Waals surface area contributed by atoms with Crippen LogP contribution in [-0.4, -0.2) is 32.9 Å². The minimum atomic E-state index is -3.89. The Kier molecular flexibility index (Phi) is 4.95. The second kappa shape index (κ2) is 7.46. The number of carbonyl (C=O) groups is 2. The summed E-state index contributed by atoms with van der Waals surface area (Å²) in [5.41, 5.74) is 0.930. The molecule has 0 saturated carbocycles. The van der Waals surface area contributed by atoms with E-state index in [-0.39, 0.29) is 22.8 Å². The summed E-state index contributed by atoms with van der Waals surface area (Å²) >= 11 is 0. The molecule has 4 rings (SSSR count). The molecule has 0 saturated heterocycles. The largest absolute Gasteiger partial charge is 0.462 e. The summed E-state index contributed by atoms with van der Waals surface area (Å²) in [5.74, 6) is -1.12. The van der Waals surface area contributed by atoms with Gasteiger partial charge in [0, 0.05) is 5.39 Å². The predicted molar refractivity (Wildman–Crippen MR) is 114 cm³/mol. The normalized spacial score (nSPS) is 15.1. The molecule has 3 aromatic rings. The highest BCUT2D eigenvalue weighted by atomic mass is 32.2. The fraction of sp³-hybridized carbons (Fsp3) is 0.182. The first-order valence-corrected chi connectivity index (χ1v) is 10.9. The van der Waals surface area contributed by atoms with Gasteiger partial charge in [0.2, 0.25) is 5.91 Å². The van der Waals surface area contributed by atoms with E-state index in [1.807, 2.05) is 12.1 Å². The van der Waals surface area contributed by atoms with E-state index in [2.05, 4.69) is 5.32 Å². The number of hydrogen-bond donors (Lipinski definition) is 1. The number of nitrogens with one attached hydrogen (secondary N) is 1. The van der Waals surface area contributed by atoms with Gasteiger partial charge in [0.25, 0.3) is 10.0 Å². The number of ether oxygens (including phenoxy) is 1. The van der Waals surface area contributed by atoms with E-state index in [1.165, 1.54) is 6.92 Å². The zero-order valence-corrected chi connectivity index (χ0v) is 17.3. The summed E-state index contributed by atoms with van der Waals surface area (Å²) < 4.78 is 32.6. The Bertz CT molecular complexity index is 1260. The fourth-order valence-corrected chi connectivity index (χ4v) is 5.53. The van der Waals surface area contributed by atoms with E-state index >= 15 is 0 Å². The Morgan fingerprint density at radius 2 is 1.73 bits per heavy atom. The first kappa shape index (κ1) is 19.9. The Hall–Kier alpha value is -3.39. The zero-order chi connectivity index (χ0) is 21.5. The van der Waals surface area contributed by atoms with Crippen molar-refractivity contribution in [2.24, 2.45) is 0 Å². The van der Waals surface area contributed by atoms with Crippen molar-refractivity contribution in [3.8, 4) is 0 Å². The van der Waals surface area contributed by atoms with Crippen LogP contribution >= 0.6 is 0 Å². The molecule has 154 valence electrons. The molecule has 1 aliphatic heterocycles. The molecule has 30 heavy (non-hydrogen) atoms. The highest BCUT2D eigenvalue weighted by molar-refractivity contribution is 7.93. The van der Waals surface area contributed by atoms with Gasteiger partial charge >= 0.3 is 5.97 Å². The van der Waals surface area contributed by atoms with Gasteiger partial charge in [-0.2, -0.15) is 0 Å². The number of anilines is 2. The molecule has 0 spiro atoms. The van der Waals surface area contributed by atoms with Crippen molar-refractivity contribution in [3.63, 3.8) is 0 Å². The van der Waals surface area contributed by atoms with Crippen LogP contribution < -0.4 is 9.62 Å². The van der Waals surface area contributed by atoms with E-state index in [0.29, 0.717) is 11.1 Å². The van der Waals surface area contributed by atoms with E-state index in [9.17, 15) is 18.0 Å². The van der Waals surface area contributed by atoms with Gasteiger partial charge in [-0.3, -0.25) is 9.10 Å². The van der Waals surface area contributed by atoms with Crippen molar-refractivity contribution in [2.45, 2.75) is 24.8 Å². The molecule has 1 amide bonds. The van der Waals surface area contributed by atoms with Gasteiger partial charge in [-0.15, -0.1) is 0 Å². The fourth-order valence-electron chi connectivity index (χ4n) is 3.66. The molecule has 0 bridgehead atoms. The van der Waals surface area contributed by atoms with Gasteiger partial charge in [-0.25, -0.2) is 13.2 Å². The second-order valence-electron chi connectivity index (χ2n) is 6.86. The van der Waals surface area contributed by atoms with Crippen LogP contribution in [0, 0.1) is 0 Å². The van der Waals surface area contributed by atoms with Crippen LogP contribution in [0.25, 0.3) is 10.8 Å². The minimum Gasteiger partial charge on any atom is -0.462 e. The summed E-state index contributed by atoms with van der Waals surface area (Å²) in [6, 6.07) is 15.8. The summed E-state index contributed by atoms with van der Waals surface area (Å²) in [5, 5.41) is 4.07. The Morgan fingerprint density at radius 1 is 1.03 bits per heavy atom. The minimum absolute atomic E-state index is 0.183. The predicted octanol–water partition coefficient (Wildman–Crippen LogP) is 3.55. The number of carbonyl (C=O) groups excluding carboxylic acids is 2. The SMILES string of the molecule is CCOC(=O)c1ccccc1NC(=O)C(C)N1c2cccc3cccc(c23)S1(=O)=O. The highest BCUT2D eigenvalue weighted by Gasteiger charge is 2.41. The molecule has 0 aromatic heterocycles. The third kappa shape index (κ3) is 3.09. The molecule has 7 nitrogen and oxygen atoms in total. The molecule has 0 aliphatic carbocycles. The number of amides is 1. The summed E-state index contributed by atoms with van der Waals surface area (Å²) in [7, 11) is -3.89. The Morgan fingerprint density at radius 3 is 2.47 bits per heavy atom. The van der Waals surface area contributed by atoms with Gasteiger partial charge < -0.3 is 10.1 Å². The van der Waals surface area contributed by atoms with Crippen molar-refractivity contribution in [1.82, 2.24) is 0 Å². The van der Waals surface area contributed by atoms with Gasteiger partial charge in [0.15, 0.2) is 0 Å². The van der Waals surface area contributed by atoms with E-state index < -0.39 is 27.9 Å². The molecule has 1 atom stereocenters. The highest BCUT2D eigenvalue weighted by Crippen LogP contribution is 2.43. The third-order valence-corrected chi connectivity index (χ3v) is 6.96. The van der Waals surface area contributed by atoms with Crippen molar-refractivity contribution < 1.29 is 22.7 Å². The Balaban J connectivity index is 1.69. The molecule has 1 N–H and O–H groups in total. The lowest BCUT2D eigenvalue weighted by Crippen LogP contribution is -2.44. The summed E-state index contributed by atoms with van der Waals surface area (Å²) in [6.07, 6.45) is 0. The smallest absolute Gasteiger partial charge is 0.340 e. The molecule has 1 aliphatic rings. The van der Waals surface area contributed by atoms with Gasteiger partial charge in [0.05, 0.1) is 28.4 Å². The number of hydrogen-bond acceptors (Lipinski definition) is 5. The average molecular weight is 424 g/mol. The molecular formula is C22H20N2O5S. The summed E-state index contributed by atoms with van der Waals surface area (Å²) in [4.78, 5) is 25.4.